The lowest BCUT2D eigenvalue weighted by molar-refractivity contribution is 0.889. The number of hydrogen-bond acceptors (Lipinski definition) is 6. The molecule has 2 aromatic heterocycles. The molecule has 1 aromatic carbocycles. The summed E-state index contributed by atoms with van der Waals surface area (Å²) in [4.78, 5) is 30.7. The minimum Gasteiger partial charge on any atom is -0.341 e. The molecule has 0 spiro atoms. The number of aromatic nitrogens is 4. The zero-order valence-corrected chi connectivity index (χ0v) is 15.5. The Morgan fingerprint density at radius 1 is 1.07 bits per heavy atom. The van der Waals surface area contributed by atoms with Crippen molar-refractivity contribution in [2.75, 3.05) is 23.3 Å². The SMILES string of the molecule is Cc1ccc(Nc2nc(-c3cnc(N4CCCC4)nc3C)cc(=O)[nH]2)cc1. The molecule has 7 nitrogen and oxygen atoms in total. The standard InChI is InChI=1S/C20H22N6O/c1-13-5-7-15(8-6-13)23-19-24-17(11-18(27)25-19)16-12-21-20(22-14(16)2)26-9-3-4-10-26/h5-8,11-12H,3-4,9-10H2,1-2H3,(H2,23,24,25,27). The van der Waals surface area contributed by atoms with Crippen LogP contribution in [0.4, 0.5) is 17.6 Å². The monoisotopic (exact) mass is 362 g/mol. The summed E-state index contributed by atoms with van der Waals surface area (Å²) in [5, 5.41) is 3.14. The molecule has 7 heteroatoms. The number of benzene rings is 1. The van der Waals surface area contributed by atoms with E-state index in [0.29, 0.717) is 11.6 Å². The van der Waals surface area contributed by atoms with Crippen molar-refractivity contribution in [2.24, 2.45) is 0 Å². The molecule has 2 N–H and O–H groups in total. The Morgan fingerprint density at radius 2 is 1.81 bits per heavy atom. The van der Waals surface area contributed by atoms with E-state index in [-0.39, 0.29) is 5.56 Å². The zero-order chi connectivity index (χ0) is 18.8. The highest BCUT2D eigenvalue weighted by molar-refractivity contribution is 5.64. The molecule has 3 heterocycles. The van der Waals surface area contributed by atoms with Crippen molar-refractivity contribution in [1.29, 1.82) is 0 Å². The van der Waals surface area contributed by atoms with Crippen molar-refractivity contribution in [3.8, 4) is 11.3 Å². The van der Waals surface area contributed by atoms with Gasteiger partial charge in [-0.3, -0.25) is 9.78 Å². The predicted molar refractivity (Wildman–Crippen MR) is 107 cm³/mol. The number of aromatic amines is 1. The minimum absolute atomic E-state index is 0.224. The first-order valence-corrected chi connectivity index (χ1v) is 9.12. The highest BCUT2D eigenvalue weighted by Gasteiger charge is 2.17. The van der Waals surface area contributed by atoms with Crippen molar-refractivity contribution < 1.29 is 0 Å². The Hall–Kier alpha value is -3.22. The molecule has 0 atom stereocenters. The molecule has 0 saturated carbocycles. The number of rotatable bonds is 4. The maximum Gasteiger partial charge on any atom is 0.252 e. The lowest BCUT2D eigenvalue weighted by Crippen LogP contribution is -2.20. The van der Waals surface area contributed by atoms with Crippen molar-refractivity contribution >= 4 is 17.6 Å². The largest absolute Gasteiger partial charge is 0.341 e. The Bertz CT molecular complexity index is 1010. The third kappa shape index (κ3) is 3.81. The van der Waals surface area contributed by atoms with Gasteiger partial charge in [0.05, 0.1) is 11.4 Å². The summed E-state index contributed by atoms with van der Waals surface area (Å²) in [6.45, 7) is 5.94. The number of nitrogens with one attached hydrogen (secondary N) is 2. The van der Waals surface area contributed by atoms with E-state index in [0.717, 1.165) is 36.0 Å². The van der Waals surface area contributed by atoms with Crippen molar-refractivity contribution in [1.82, 2.24) is 19.9 Å². The molecule has 1 aliphatic rings. The van der Waals surface area contributed by atoms with E-state index in [1.807, 2.05) is 38.1 Å². The molecule has 4 rings (SSSR count). The summed E-state index contributed by atoms with van der Waals surface area (Å²) >= 11 is 0. The molecule has 0 radical (unpaired) electrons. The summed E-state index contributed by atoms with van der Waals surface area (Å²) in [7, 11) is 0. The Labute approximate surface area is 157 Å². The molecule has 0 unspecified atom stereocenters. The smallest absolute Gasteiger partial charge is 0.252 e. The zero-order valence-electron chi connectivity index (χ0n) is 15.5. The van der Waals surface area contributed by atoms with Gasteiger partial charge >= 0.3 is 0 Å². The van der Waals surface area contributed by atoms with Crippen LogP contribution in [-0.4, -0.2) is 33.0 Å². The first kappa shape index (κ1) is 17.2. The number of H-pyrrole nitrogens is 1. The van der Waals surface area contributed by atoms with E-state index >= 15 is 0 Å². The molecule has 1 fully saturated rings. The van der Waals surface area contributed by atoms with Crippen LogP contribution >= 0.6 is 0 Å². The van der Waals surface area contributed by atoms with Crippen LogP contribution in [0.3, 0.4) is 0 Å². The van der Waals surface area contributed by atoms with E-state index in [2.05, 4.69) is 30.2 Å². The Balaban J connectivity index is 1.64. The quantitative estimate of drug-likeness (QED) is 0.741. The number of hydrogen-bond donors (Lipinski definition) is 2. The average molecular weight is 362 g/mol. The minimum atomic E-state index is -0.224. The predicted octanol–water partition coefficient (Wildman–Crippen LogP) is 3.19. The normalized spacial score (nSPS) is 13.8. The van der Waals surface area contributed by atoms with Crippen LogP contribution in [0.2, 0.25) is 0 Å². The fourth-order valence-electron chi connectivity index (χ4n) is 3.20. The average Bonchev–Trinajstić information content (AvgIpc) is 3.18. The Kier molecular flexibility index (Phi) is 4.58. The molecule has 27 heavy (non-hydrogen) atoms. The van der Waals surface area contributed by atoms with Gasteiger partial charge in [0.15, 0.2) is 0 Å². The lowest BCUT2D eigenvalue weighted by atomic mass is 10.2. The third-order valence-electron chi connectivity index (χ3n) is 4.69. The van der Waals surface area contributed by atoms with Gasteiger partial charge in [0.2, 0.25) is 11.9 Å². The maximum atomic E-state index is 12.1. The first-order valence-electron chi connectivity index (χ1n) is 9.12. The highest BCUT2D eigenvalue weighted by atomic mass is 16.1. The second-order valence-corrected chi connectivity index (χ2v) is 6.83. The molecule has 0 bridgehead atoms. The van der Waals surface area contributed by atoms with E-state index < -0.39 is 0 Å². The van der Waals surface area contributed by atoms with Gasteiger partial charge in [-0.15, -0.1) is 0 Å². The van der Waals surface area contributed by atoms with Crippen LogP contribution in [0, 0.1) is 13.8 Å². The van der Waals surface area contributed by atoms with Crippen LogP contribution in [-0.2, 0) is 0 Å². The summed E-state index contributed by atoms with van der Waals surface area (Å²) < 4.78 is 0. The van der Waals surface area contributed by atoms with Crippen LogP contribution in [0.5, 0.6) is 0 Å². The molecule has 0 aliphatic carbocycles. The summed E-state index contributed by atoms with van der Waals surface area (Å²) in [6.07, 6.45) is 4.11. The lowest BCUT2D eigenvalue weighted by Gasteiger charge is -2.16. The van der Waals surface area contributed by atoms with Crippen molar-refractivity contribution in [3.05, 3.63) is 58.1 Å². The van der Waals surface area contributed by atoms with Crippen LogP contribution < -0.4 is 15.8 Å². The van der Waals surface area contributed by atoms with Gasteiger partial charge in [0, 0.05) is 36.6 Å². The van der Waals surface area contributed by atoms with E-state index in [9.17, 15) is 4.79 Å². The summed E-state index contributed by atoms with van der Waals surface area (Å²) in [5.74, 6) is 1.14. The van der Waals surface area contributed by atoms with Crippen LogP contribution in [0.15, 0.2) is 41.3 Å². The molecular formula is C20H22N6O. The van der Waals surface area contributed by atoms with Gasteiger partial charge in [-0.25, -0.2) is 15.0 Å². The topological polar surface area (TPSA) is 86.8 Å². The van der Waals surface area contributed by atoms with Gasteiger partial charge in [-0.05, 0) is 38.8 Å². The van der Waals surface area contributed by atoms with Gasteiger partial charge in [-0.2, -0.15) is 0 Å². The molecular weight excluding hydrogens is 340 g/mol. The number of aryl methyl sites for hydroxylation is 2. The van der Waals surface area contributed by atoms with Crippen LogP contribution in [0.1, 0.15) is 24.1 Å². The molecule has 1 aliphatic heterocycles. The first-order chi connectivity index (χ1) is 13.1. The Morgan fingerprint density at radius 3 is 2.52 bits per heavy atom. The van der Waals surface area contributed by atoms with Gasteiger partial charge in [0.25, 0.3) is 5.56 Å². The van der Waals surface area contributed by atoms with E-state index in [4.69, 9.17) is 0 Å². The number of anilines is 3. The van der Waals surface area contributed by atoms with Gasteiger partial charge in [-0.1, -0.05) is 17.7 Å². The van der Waals surface area contributed by atoms with Crippen molar-refractivity contribution in [3.63, 3.8) is 0 Å². The van der Waals surface area contributed by atoms with Gasteiger partial charge < -0.3 is 10.2 Å². The third-order valence-corrected chi connectivity index (χ3v) is 4.69. The fourth-order valence-corrected chi connectivity index (χ4v) is 3.20. The maximum absolute atomic E-state index is 12.1. The summed E-state index contributed by atoms with van der Waals surface area (Å²) in [5.41, 5.74) is 3.93. The second-order valence-electron chi connectivity index (χ2n) is 6.83. The van der Waals surface area contributed by atoms with Gasteiger partial charge in [0.1, 0.15) is 0 Å². The second kappa shape index (κ2) is 7.19. The van der Waals surface area contributed by atoms with E-state index in [1.165, 1.54) is 24.5 Å². The van der Waals surface area contributed by atoms with E-state index in [1.54, 1.807) is 6.20 Å². The fraction of sp³-hybridized carbons (Fsp3) is 0.300. The molecule has 138 valence electrons. The number of nitrogens with zero attached hydrogens (tertiary/aromatic N) is 4. The highest BCUT2D eigenvalue weighted by Crippen LogP contribution is 2.23. The van der Waals surface area contributed by atoms with Crippen LogP contribution in [0.25, 0.3) is 11.3 Å². The molecule has 1 saturated heterocycles. The molecule has 3 aromatic rings. The van der Waals surface area contributed by atoms with Crippen molar-refractivity contribution in [2.45, 2.75) is 26.7 Å². The molecule has 0 amide bonds. The summed E-state index contributed by atoms with van der Waals surface area (Å²) in [6, 6.07) is 9.36.